The van der Waals surface area contributed by atoms with E-state index < -0.39 is 23.8 Å². The molecule has 2 heterocycles. The summed E-state index contributed by atoms with van der Waals surface area (Å²) >= 11 is 1.51. The zero-order valence-electron chi connectivity index (χ0n) is 15.9. The van der Waals surface area contributed by atoms with E-state index in [0.717, 1.165) is 24.2 Å². The number of carbonyl (C=O) groups excluding carboxylic acids is 4. The molecular weight excluding hydrogens is 380 g/mol. The lowest BCUT2D eigenvalue weighted by molar-refractivity contribution is -0.155. The van der Waals surface area contributed by atoms with E-state index >= 15 is 0 Å². The standard InChI is InChI=1S/C20H24N2O5S/c1-28-12-9-16(20(26)27-13-17(23)21-10-5-2-6-11-21)22-18(24)14-7-3-4-8-15(14)19(22)25/h3-4,7-8,16H,2,5-6,9-13H2,1H3/t16-/m1/s1. The molecule has 28 heavy (non-hydrogen) atoms. The van der Waals surface area contributed by atoms with Gasteiger partial charge >= 0.3 is 5.97 Å². The molecule has 7 nitrogen and oxygen atoms in total. The van der Waals surface area contributed by atoms with Crippen LogP contribution in [-0.4, -0.2) is 71.2 Å². The highest BCUT2D eigenvalue weighted by molar-refractivity contribution is 7.98. The van der Waals surface area contributed by atoms with Gasteiger partial charge < -0.3 is 9.64 Å². The van der Waals surface area contributed by atoms with Crippen LogP contribution in [0.2, 0.25) is 0 Å². The first-order valence-corrected chi connectivity index (χ1v) is 10.8. The van der Waals surface area contributed by atoms with Crippen molar-refractivity contribution in [2.24, 2.45) is 0 Å². The first-order valence-electron chi connectivity index (χ1n) is 9.45. The number of nitrogens with zero attached hydrogens (tertiary/aromatic N) is 2. The molecule has 1 fully saturated rings. The SMILES string of the molecule is CSCC[C@H](C(=O)OCC(=O)N1CCCCC1)N1C(=O)c2ccccc2C1=O. The van der Waals surface area contributed by atoms with Crippen LogP contribution in [0.25, 0.3) is 0 Å². The van der Waals surface area contributed by atoms with Crippen molar-refractivity contribution in [2.45, 2.75) is 31.7 Å². The molecule has 2 aliphatic heterocycles. The van der Waals surface area contributed by atoms with E-state index in [2.05, 4.69) is 0 Å². The topological polar surface area (TPSA) is 84.0 Å². The molecule has 1 atom stereocenters. The summed E-state index contributed by atoms with van der Waals surface area (Å²) in [6.07, 6.45) is 5.16. The van der Waals surface area contributed by atoms with Gasteiger partial charge in [0.1, 0.15) is 6.04 Å². The summed E-state index contributed by atoms with van der Waals surface area (Å²) in [5, 5.41) is 0. The summed E-state index contributed by atoms with van der Waals surface area (Å²) in [4.78, 5) is 53.1. The number of hydrogen-bond acceptors (Lipinski definition) is 6. The second kappa shape index (κ2) is 9.23. The van der Waals surface area contributed by atoms with E-state index in [1.807, 2.05) is 6.26 Å². The molecule has 0 saturated carbocycles. The zero-order valence-corrected chi connectivity index (χ0v) is 16.7. The molecule has 0 spiro atoms. The van der Waals surface area contributed by atoms with Crippen LogP contribution in [0.4, 0.5) is 0 Å². The van der Waals surface area contributed by atoms with Gasteiger partial charge in [0.15, 0.2) is 6.61 Å². The fraction of sp³-hybridized carbons (Fsp3) is 0.500. The molecule has 1 aromatic carbocycles. The molecule has 0 N–H and O–H groups in total. The van der Waals surface area contributed by atoms with Crippen LogP contribution in [0.3, 0.4) is 0 Å². The first-order chi connectivity index (χ1) is 13.5. The fourth-order valence-electron chi connectivity index (χ4n) is 3.54. The average molecular weight is 404 g/mol. The van der Waals surface area contributed by atoms with E-state index in [4.69, 9.17) is 4.74 Å². The Balaban J connectivity index is 1.69. The number of esters is 1. The zero-order chi connectivity index (χ0) is 20.1. The Labute approximate surface area is 168 Å². The summed E-state index contributed by atoms with van der Waals surface area (Å²) in [6, 6.07) is 5.48. The van der Waals surface area contributed by atoms with Crippen molar-refractivity contribution in [3.63, 3.8) is 0 Å². The minimum absolute atomic E-state index is 0.237. The van der Waals surface area contributed by atoms with E-state index in [1.54, 1.807) is 29.2 Å². The number of imide groups is 1. The Bertz CT molecular complexity index is 741. The van der Waals surface area contributed by atoms with Crippen LogP contribution >= 0.6 is 11.8 Å². The number of piperidine rings is 1. The van der Waals surface area contributed by atoms with E-state index in [-0.39, 0.29) is 18.9 Å². The normalized spacial score (nSPS) is 17.5. The summed E-state index contributed by atoms with van der Waals surface area (Å²) in [5.41, 5.74) is 0.581. The summed E-state index contributed by atoms with van der Waals surface area (Å²) in [7, 11) is 0. The van der Waals surface area contributed by atoms with Crippen LogP contribution < -0.4 is 0 Å². The van der Waals surface area contributed by atoms with E-state index in [1.165, 1.54) is 11.8 Å². The second-order valence-electron chi connectivity index (χ2n) is 6.87. The van der Waals surface area contributed by atoms with Crippen molar-refractivity contribution < 1.29 is 23.9 Å². The molecule has 0 bridgehead atoms. The van der Waals surface area contributed by atoms with E-state index in [0.29, 0.717) is 30.0 Å². The molecule has 0 aromatic heterocycles. The number of amides is 3. The Morgan fingerprint density at radius 1 is 1.07 bits per heavy atom. The lowest BCUT2D eigenvalue weighted by Gasteiger charge is -2.27. The number of fused-ring (bicyclic) bond motifs is 1. The third kappa shape index (κ3) is 4.22. The highest BCUT2D eigenvalue weighted by Crippen LogP contribution is 2.26. The van der Waals surface area contributed by atoms with Crippen LogP contribution in [0.5, 0.6) is 0 Å². The molecule has 0 unspecified atom stereocenters. The lowest BCUT2D eigenvalue weighted by Crippen LogP contribution is -2.47. The number of likely N-dealkylation sites (tertiary alicyclic amines) is 1. The van der Waals surface area contributed by atoms with Crippen molar-refractivity contribution in [3.05, 3.63) is 35.4 Å². The third-order valence-electron chi connectivity index (χ3n) is 5.05. The van der Waals surface area contributed by atoms with Crippen LogP contribution in [0.15, 0.2) is 24.3 Å². The van der Waals surface area contributed by atoms with Crippen LogP contribution in [0.1, 0.15) is 46.4 Å². The van der Waals surface area contributed by atoms with Gasteiger partial charge in [0.2, 0.25) is 0 Å². The number of rotatable bonds is 7. The minimum atomic E-state index is -1.03. The van der Waals surface area contributed by atoms with Crippen LogP contribution in [0, 0.1) is 0 Å². The Morgan fingerprint density at radius 3 is 2.25 bits per heavy atom. The minimum Gasteiger partial charge on any atom is -0.454 e. The third-order valence-corrected chi connectivity index (χ3v) is 5.70. The summed E-state index contributed by atoms with van der Waals surface area (Å²) in [6.45, 7) is 0.979. The van der Waals surface area contributed by atoms with Gasteiger partial charge in [-0.1, -0.05) is 12.1 Å². The molecule has 0 aliphatic carbocycles. The first kappa shape index (κ1) is 20.4. The maximum atomic E-state index is 12.7. The molecule has 1 aromatic rings. The largest absolute Gasteiger partial charge is 0.454 e. The molecule has 3 amide bonds. The van der Waals surface area contributed by atoms with Crippen LogP contribution in [-0.2, 0) is 14.3 Å². The van der Waals surface area contributed by atoms with Gasteiger partial charge in [0.05, 0.1) is 11.1 Å². The van der Waals surface area contributed by atoms with Gasteiger partial charge in [-0.3, -0.25) is 19.3 Å². The number of thioether (sulfide) groups is 1. The molecular formula is C20H24N2O5S. The number of hydrogen-bond donors (Lipinski definition) is 0. The van der Waals surface area contributed by atoms with Crippen molar-refractivity contribution in [1.29, 1.82) is 0 Å². The monoisotopic (exact) mass is 404 g/mol. The van der Waals surface area contributed by atoms with Crippen molar-refractivity contribution >= 4 is 35.5 Å². The molecule has 150 valence electrons. The molecule has 0 radical (unpaired) electrons. The molecule has 1 saturated heterocycles. The van der Waals surface area contributed by atoms with Gasteiger partial charge in [0.25, 0.3) is 17.7 Å². The highest BCUT2D eigenvalue weighted by atomic mass is 32.2. The maximum Gasteiger partial charge on any atom is 0.329 e. The smallest absolute Gasteiger partial charge is 0.329 e. The van der Waals surface area contributed by atoms with Gasteiger partial charge in [-0.25, -0.2) is 4.79 Å². The van der Waals surface area contributed by atoms with Gasteiger partial charge in [-0.05, 0) is 49.8 Å². The maximum absolute atomic E-state index is 12.7. The Hall–Kier alpha value is -2.35. The fourth-order valence-corrected chi connectivity index (χ4v) is 4.00. The quantitative estimate of drug-likeness (QED) is 0.510. The number of ether oxygens (including phenoxy) is 1. The van der Waals surface area contributed by atoms with Gasteiger partial charge in [0, 0.05) is 13.1 Å². The lowest BCUT2D eigenvalue weighted by atomic mass is 10.1. The Morgan fingerprint density at radius 2 is 1.68 bits per heavy atom. The Kier molecular flexibility index (Phi) is 6.72. The molecule has 2 aliphatic rings. The predicted octanol–water partition coefficient (Wildman–Crippen LogP) is 1.96. The van der Waals surface area contributed by atoms with Crippen molar-refractivity contribution in [3.8, 4) is 0 Å². The van der Waals surface area contributed by atoms with Crippen molar-refractivity contribution in [1.82, 2.24) is 9.80 Å². The average Bonchev–Trinajstić information content (AvgIpc) is 2.98. The number of carbonyl (C=O) groups is 4. The highest BCUT2D eigenvalue weighted by Gasteiger charge is 2.43. The molecule has 3 rings (SSSR count). The van der Waals surface area contributed by atoms with Gasteiger partial charge in [-0.2, -0.15) is 11.8 Å². The van der Waals surface area contributed by atoms with E-state index in [9.17, 15) is 19.2 Å². The summed E-state index contributed by atoms with van der Waals surface area (Å²) < 4.78 is 5.24. The second-order valence-corrected chi connectivity index (χ2v) is 7.86. The number of benzene rings is 1. The molecule has 8 heteroatoms. The van der Waals surface area contributed by atoms with Crippen molar-refractivity contribution in [2.75, 3.05) is 31.7 Å². The predicted molar refractivity (Wildman–Crippen MR) is 105 cm³/mol. The van der Waals surface area contributed by atoms with Gasteiger partial charge in [-0.15, -0.1) is 0 Å². The summed E-state index contributed by atoms with van der Waals surface area (Å²) in [5.74, 6) is -1.36.